The van der Waals surface area contributed by atoms with Gasteiger partial charge in [-0.1, -0.05) is 0 Å². The molecule has 0 aromatic carbocycles. The van der Waals surface area contributed by atoms with Crippen LogP contribution in [0.3, 0.4) is 0 Å². The molecule has 2 rings (SSSR count). The summed E-state index contributed by atoms with van der Waals surface area (Å²) in [7, 11) is 0.605. The van der Waals surface area contributed by atoms with E-state index < -0.39 is 9.84 Å². The normalized spacial score (nSPS) is 22.3. The summed E-state index contributed by atoms with van der Waals surface area (Å²) in [5, 5.41) is 7.56. The minimum Gasteiger partial charge on any atom is -0.481 e. The van der Waals surface area contributed by atoms with Crippen LogP contribution in [-0.2, 0) is 23.4 Å². The molecule has 0 bridgehead atoms. The zero-order valence-corrected chi connectivity index (χ0v) is 11.7. The van der Waals surface area contributed by atoms with Gasteiger partial charge in [0.1, 0.15) is 0 Å². The Balaban J connectivity index is 2.03. The maximum absolute atomic E-state index is 11.4. The van der Waals surface area contributed by atoms with Crippen molar-refractivity contribution >= 4 is 9.84 Å². The van der Waals surface area contributed by atoms with Crippen molar-refractivity contribution in [3.05, 3.63) is 11.3 Å². The predicted octanol–water partition coefficient (Wildman–Crippen LogP) is 0.0138. The number of aromatic nitrogens is 2. The summed E-state index contributed by atoms with van der Waals surface area (Å²) in [6.07, 6.45) is 0.684. The van der Waals surface area contributed by atoms with E-state index in [2.05, 4.69) is 10.4 Å². The first kappa shape index (κ1) is 13.4. The molecule has 0 unspecified atom stereocenters. The molecule has 2 heterocycles. The molecular formula is C11H19N3O3S. The highest BCUT2D eigenvalue weighted by Gasteiger charge is 2.28. The largest absolute Gasteiger partial charge is 0.481 e. The van der Waals surface area contributed by atoms with E-state index in [-0.39, 0.29) is 17.5 Å². The zero-order chi connectivity index (χ0) is 13.3. The summed E-state index contributed by atoms with van der Waals surface area (Å²) in [6, 6.07) is 0.0410. The molecule has 0 spiro atoms. The third-order valence-electron chi connectivity index (χ3n) is 3.28. The molecule has 0 radical (unpaired) electrons. The van der Waals surface area contributed by atoms with E-state index in [4.69, 9.17) is 4.74 Å². The van der Waals surface area contributed by atoms with Crippen molar-refractivity contribution in [1.82, 2.24) is 15.1 Å². The number of aryl methyl sites for hydroxylation is 2. The lowest BCUT2D eigenvalue weighted by molar-refractivity contribution is 0.367. The number of hydrogen-bond acceptors (Lipinski definition) is 5. The molecule has 1 N–H and O–H groups in total. The third kappa shape index (κ3) is 2.67. The smallest absolute Gasteiger partial charge is 0.216 e. The van der Waals surface area contributed by atoms with E-state index in [1.807, 2.05) is 14.0 Å². The number of ether oxygens (including phenoxy) is 1. The summed E-state index contributed by atoms with van der Waals surface area (Å²) >= 11 is 0. The highest BCUT2D eigenvalue weighted by molar-refractivity contribution is 7.91. The van der Waals surface area contributed by atoms with Gasteiger partial charge in [-0.05, 0) is 13.3 Å². The fourth-order valence-corrected chi connectivity index (χ4v) is 4.05. The third-order valence-corrected chi connectivity index (χ3v) is 5.05. The first-order chi connectivity index (χ1) is 8.43. The Morgan fingerprint density at radius 1 is 1.56 bits per heavy atom. The van der Waals surface area contributed by atoms with Gasteiger partial charge >= 0.3 is 0 Å². The second-order valence-electron chi connectivity index (χ2n) is 4.68. The summed E-state index contributed by atoms with van der Waals surface area (Å²) < 4.78 is 29.7. The van der Waals surface area contributed by atoms with Crippen molar-refractivity contribution in [3.8, 4) is 5.88 Å². The van der Waals surface area contributed by atoms with Crippen molar-refractivity contribution in [1.29, 1.82) is 0 Å². The average molecular weight is 273 g/mol. The van der Waals surface area contributed by atoms with Gasteiger partial charge in [0.15, 0.2) is 9.84 Å². The highest BCUT2D eigenvalue weighted by atomic mass is 32.2. The van der Waals surface area contributed by atoms with Crippen LogP contribution in [0.1, 0.15) is 17.7 Å². The van der Waals surface area contributed by atoms with E-state index in [0.29, 0.717) is 13.0 Å². The summed E-state index contributed by atoms with van der Waals surface area (Å²) in [4.78, 5) is 0. The van der Waals surface area contributed by atoms with Gasteiger partial charge in [0.05, 0.1) is 29.9 Å². The molecule has 1 atom stereocenters. The van der Waals surface area contributed by atoms with Gasteiger partial charge in [-0.3, -0.25) is 0 Å². The number of rotatable bonds is 4. The summed E-state index contributed by atoms with van der Waals surface area (Å²) in [5.74, 6) is 1.24. The number of sulfone groups is 1. The summed E-state index contributed by atoms with van der Waals surface area (Å²) in [5.41, 5.74) is 1.90. The van der Waals surface area contributed by atoms with Crippen LogP contribution in [0.5, 0.6) is 5.88 Å². The Hall–Kier alpha value is -1.08. The molecule has 1 aliphatic heterocycles. The number of hydrogen-bond donors (Lipinski definition) is 1. The first-order valence-corrected chi connectivity index (χ1v) is 7.75. The topological polar surface area (TPSA) is 73.2 Å². The molecule has 1 aliphatic rings. The van der Waals surface area contributed by atoms with Crippen molar-refractivity contribution in [3.63, 3.8) is 0 Å². The Labute approximate surface area is 107 Å². The van der Waals surface area contributed by atoms with Gasteiger partial charge in [0, 0.05) is 19.6 Å². The van der Waals surface area contributed by atoms with Gasteiger partial charge in [0.25, 0.3) is 0 Å². The lowest BCUT2D eigenvalue weighted by Gasteiger charge is -2.11. The number of nitrogens with zero attached hydrogens (tertiary/aromatic N) is 2. The minimum atomic E-state index is -2.84. The molecule has 1 aromatic heterocycles. The van der Waals surface area contributed by atoms with Crippen molar-refractivity contribution in [2.45, 2.75) is 25.9 Å². The Bertz CT molecular complexity index is 536. The highest BCUT2D eigenvalue weighted by Crippen LogP contribution is 2.21. The lowest BCUT2D eigenvalue weighted by Crippen LogP contribution is -2.29. The zero-order valence-electron chi connectivity index (χ0n) is 10.9. The van der Waals surface area contributed by atoms with Crippen LogP contribution in [-0.4, -0.2) is 42.9 Å². The van der Waals surface area contributed by atoms with Crippen molar-refractivity contribution < 1.29 is 13.2 Å². The molecule has 0 amide bonds. The number of methoxy groups -OCH3 is 1. The van der Waals surface area contributed by atoms with Gasteiger partial charge in [-0.2, -0.15) is 5.10 Å². The maximum Gasteiger partial charge on any atom is 0.216 e. The van der Waals surface area contributed by atoms with E-state index >= 15 is 0 Å². The molecule has 7 heteroatoms. The lowest BCUT2D eigenvalue weighted by atomic mass is 10.2. The van der Waals surface area contributed by atoms with Crippen LogP contribution >= 0.6 is 0 Å². The quantitative estimate of drug-likeness (QED) is 0.837. The molecule has 102 valence electrons. The summed E-state index contributed by atoms with van der Waals surface area (Å²) in [6.45, 7) is 2.51. The van der Waals surface area contributed by atoms with E-state index in [9.17, 15) is 8.42 Å². The molecule has 1 aromatic rings. The second kappa shape index (κ2) is 4.89. The fourth-order valence-electron chi connectivity index (χ4n) is 2.34. The fraction of sp³-hybridized carbons (Fsp3) is 0.727. The predicted molar refractivity (Wildman–Crippen MR) is 68.4 cm³/mol. The van der Waals surface area contributed by atoms with Crippen LogP contribution in [0, 0.1) is 6.92 Å². The number of nitrogens with one attached hydrogen (secondary N) is 1. The van der Waals surface area contributed by atoms with E-state index in [0.717, 1.165) is 17.1 Å². The second-order valence-corrected chi connectivity index (χ2v) is 6.91. The van der Waals surface area contributed by atoms with Gasteiger partial charge in [0.2, 0.25) is 5.88 Å². The molecule has 0 aliphatic carbocycles. The van der Waals surface area contributed by atoms with Gasteiger partial charge in [-0.15, -0.1) is 0 Å². The van der Waals surface area contributed by atoms with Crippen LogP contribution in [0.15, 0.2) is 0 Å². The first-order valence-electron chi connectivity index (χ1n) is 5.93. The monoisotopic (exact) mass is 273 g/mol. The van der Waals surface area contributed by atoms with Gasteiger partial charge in [-0.25, -0.2) is 13.1 Å². The molecule has 18 heavy (non-hydrogen) atoms. The van der Waals surface area contributed by atoms with Crippen LogP contribution in [0.25, 0.3) is 0 Å². The maximum atomic E-state index is 11.4. The minimum absolute atomic E-state index is 0.0410. The van der Waals surface area contributed by atoms with Crippen LogP contribution < -0.4 is 10.1 Å². The Morgan fingerprint density at radius 2 is 2.28 bits per heavy atom. The van der Waals surface area contributed by atoms with Crippen LogP contribution in [0.2, 0.25) is 0 Å². The van der Waals surface area contributed by atoms with Gasteiger partial charge < -0.3 is 10.1 Å². The van der Waals surface area contributed by atoms with Crippen LogP contribution in [0.4, 0.5) is 0 Å². The average Bonchev–Trinajstić information content (AvgIpc) is 2.75. The molecule has 1 fully saturated rings. The van der Waals surface area contributed by atoms with Crippen molar-refractivity contribution in [2.24, 2.45) is 7.05 Å². The Morgan fingerprint density at radius 3 is 2.83 bits per heavy atom. The SMILES string of the molecule is COc1c(CN[C@@H]2CCS(=O)(=O)C2)c(C)nn1C. The molecule has 0 saturated carbocycles. The van der Waals surface area contributed by atoms with Crippen molar-refractivity contribution in [2.75, 3.05) is 18.6 Å². The van der Waals surface area contributed by atoms with E-state index in [1.165, 1.54) is 0 Å². The molecule has 1 saturated heterocycles. The standard InChI is InChI=1S/C11H19N3O3S/c1-8-10(11(17-3)14(2)13-8)6-12-9-4-5-18(15,16)7-9/h9,12H,4-7H2,1-3H3/t9-/m1/s1. The molecule has 6 nitrogen and oxygen atoms in total. The Kier molecular flexibility index (Phi) is 3.63. The van der Waals surface area contributed by atoms with E-state index in [1.54, 1.807) is 11.8 Å². The molecular weight excluding hydrogens is 254 g/mol.